The lowest BCUT2D eigenvalue weighted by Gasteiger charge is -2.13. The molecule has 0 fully saturated rings. The summed E-state index contributed by atoms with van der Waals surface area (Å²) >= 11 is 0. The SMILES string of the molecule is Cc1cc(CNCCC(C)c2ccccc2)cc(C)c1F. The molecule has 0 aliphatic carbocycles. The maximum atomic E-state index is 13.6. The first-order valence-electron chi connectivity index (χ1n) is 7.59. The van der Waals surface area contributed by atoms with Crippen molar-refractivity contribution in [2.24, 2.45) is 0 Å². The Morgan fingerprint density at radius 1 is 1.05 bits per heavy atom. The summed E-state index contributed by atoms with van der Waals surface area (Å²) in [5.41, 5.74) is 3.99. The van der Waals surface area contributed by atoms with Gasteiger partial charge in [0.25, 0.3) is 0 Å². The smallest absolute Gasteiger partial charge is 0.129 e. The zero-order valence-electron chi connectivity index (χ0n) is 13.1. The summed E-state index contributed by atoms with van der Waals surface area (Å²) < 4.78 is 13.6. The lowest BCUT2D eigenvalue weighted by atomic mass is 9.98. The number of rotatable bonds is 6. The summed E-state index contributed by atoms with van der Waals surface area (Å²) in [4.78, 5) is 0. The van der Waals surface area contributed by atoms with Crippen LogP contribution < -0.4 is 5.32 Å². The second-order valence-electron chi connectivity index (χ2n) is 5.82. The van der Waals surface area contributed by atoms with Gasteiger partial charge in [0.2, 0.25) is 0 Å². The van der Waals surface area contributed by atoms with Crippen LogP contribution in [0.5, 0.6) is 0 Å². The van der Waals surface area contributed by atoms with E-state index in [0.29, 0.717) is 5.92 Å². The van der Waals surface area contributed by atoms with Crippen molar-refractivity contribution in [2.75, 3.05) is 6.54 Å². The third kappa shape index (κ3) is 4.40. The van der Waals surface area contributed by atoms with E-state index >= 15 is 0 Å². The number of halogens is 1. The maximum absolute atomic E-state index is 13.6. The maximum Gasteiger partial charge on any atom is 0.129 e. The van der Waals surface area contributed by atoms with E-state index in [0.717, 1.165) is 36.2 Å². The average molecular weight is 285 g/mol. The largest absolute Gasteiger partial charge is 0.313 e. The van der Waals surface area contributed by atoms with Crippen LogP contribution in [0, 0.1) is 19.7 Å². The minimum atomic E-state index is -0.0866. The molecule has 21 heavy (non-hydrogen) atoms. The van der Waals surface area contributed by atoms with Gasteiger partial charge in [-0.05, 0) is 55.0 Å². The van der Waals surface area contributed by atoms with E-state index in [1.807, 2.05) is 32.0 Å². The van der Waals surface area contributed by atoms with Gasteiger partial charge in [-0.2, -0.15) is 0 Å². The Kier molecular flexibility index (Phi) is 5.51. The predicted octanol–water partition coefficient (Wildman–Crippen LogP) is 4.73. The molecule has 0 heterocycles. The summed E-state index contributed by atoms with van der Waals surface area (Å²) in [6.07, 6.45) is 1.10. The number of nitrogens with one attached hydrogen (secondary N) is 1. The monoisotopic (exact) mass is 285 g/mol. The van der Waals surface area contributed by atoms with E-state index in [1.54, 1.807) is 0 Å². The molecule has 1 N–H and O–H groups in total. The molecule has 0 saturated heterocycles. The van der Waals surface area contributed by atoms with E-state index in [4.69, 9.17) is 0 Å². The summed E-state index contributed by atoms with van der Waals surface area (Å²) in [6, 6.07) is 14.4. The second kappa shape index (κ2) is 7.37. The van der Waals surface area contributed by atoms with Crippen LogP contribution in [0.4, 0.5) is 4.39 Å². The molecule has 0 bridgehead atoms. The van der Waals surface area contributed by atoms with E-state index in [2.05, 4.69) is 36.5 Å². The van der Waals surface area contributed by atoms with Crippen molar-refractivity contribution < 1.29 is 4.39 Å². The Morgan fingerprint density at radius 2 is 1.67 bits per heavy atom. The molecule has 0 aromatic heterocycles. The minimum Gasteiger partial charge on any atom is -0.313 e. The Balaban J connectivity index is 1.80. The highest BCUT2D eigenvalue weighted by Crippen LogP contribution is 2.18. The molecule has 1 nitrogen and oxygen atoms in total. The lowest BCUT2D eigenvalue weighted by Crippen LogP contribution is -2.17. The van der Waals surface area contributed by atoms with Crippen molar-refractivity contribution in [1.29, 1.82) is 0 Å². The van der Waals surface area contributed by atoms with Crippen molar-refractivity contribution in [3.8, 4) is 0 Å². The Hall–Kier alpha value is -1.67. The van der Waals surface area contributed by atoms with E-state index in [-0.39, 0.29) is 5.82 Å². The standard InChI is InChI=1S/C19H24FN/c1-14(18-7-5-4-6-8-18)9-10-21-13-17-11-15(2)19(20)16(3)12-17/h4-8,11-12,14,21H,9-10,13H2,1-3H3. The number of benzene rings is 2. The van der Waals surface area contributed by atoms with Gasteiger partial charge in [0.1, 0.15) is 5.82 Å². The molecule has 1 unspecified atom stereocenters. The van der Waals surface area contributed by atoms with E-state index in [9.17, 15) is 4.39 Å². The first-order chi connectivity index (χ1) is 10.1. The first kappa shape index (κ1) is 15.7. The van der Waals surface area contributed by atoms with Crippen molar-refractivity contribution in [1.82, 2.24) is 5.32 Å². The van der Waals surface area contributed by atoms with Crippen LogP contribution >= 0.6 is 0 Å². The lowest BCUT2D eigenvalue weighted by molar-refractivity contribution is 0.589. The van der Waals surface area contributed by atoms with Crippen molar-refractivity contribution in [3.05, 3.63) is 70.5 Å². The molecule has 0 saturated carbocycles. The molecule has 0 aliphatic heterocycles. The summed E-state index contributed by atoms with van der Waals surface area (Å²) in [6.45, 7) is 7.66. The summed E-state index contributed by atoms with van der Waals surface area (Å²) in [5.74, 6) is 0.465. The van der Waals surface area contributed by atoms with Crippen molar-refractivity contribution >= 4 is 0 Å². The highest BCUT2D eigenvalue weighted by molar-refractivity contribution is 5.30. The summed E-state index contributed by atoms with van der Waals surface area (Å²) in [5, 5.41) is 3.45. The molecule has 2 rings (SSSR count). The number of hydrogen-bond donors (Lipinski definition) is 1. The topological polar surface area (TPSA) is 12.0 Å². The number of aryl methyl sites for hydroxylation is 2. The van der Waals surface area contributed by atoms with Gasteiger partial charge < -0.3 is 5.32 Å². The molecule has 0 aliphatic rings. The molecule has 0 radical (unpaired) electrons. The van der Waals surface area contributed by atoms with Crippen LogP contribution in [0.15, 0.2) is 42.5 Å². The van der Waals surface area contributed by atoms with Gasteiger partial charge in [0, 0.05) is 6.54 Å². The van der Waals surface area contributed by atoms with E-state index in [1.165, 1.54) is 5.56 Å². The fourth-order valence-electron chi connectivity index (χ4n) is 2.64. The van der Waals surface area contributed by atoms with Crippen LogP contribution in [-0.4, -0.2) is 6.54 Å². The zero-order chi connectivity index (χ0) is 15.2. The van der Waals surface area contributed by atoms with Gasteiger partial charge in [-0.3, -0.25) is 0 Å². The predicted molar refractivity (Wildman–Crippen MR) is 87.1 cm³/mol. The quantitative estimate of drug-likeness (QED) is 0.757. The molecule has 2 aromatic carbocycles. The Morgan fingerprint density at radius 3 is 2.29 bits per heavy atom. The van der Waals surface area contributed by atoms with Crippen LogP contribution in [0.3, 0.4) is 0 Å². The minimum absolute atomic E-state index is 0.0866. The molecule has 1 atom stereocenters. The van der Waals surface area contributed by atoms with Crippen LogP contribution in [0.2, 0.25) is 0 Å². The second-order valence-corrected chi connectivity index (χ2v) is 5.82. The van der Waals surface area contributed by atoms with E-state index < -0.39 is 0 Å². The van der Waals surface area contributed by atoms with Gasteiger partial charge in [-0.25, -0.2) is 4.39 Å². The number of hydrogen-bond acceptors (Lipinski definition) is 1. The summed E-state index contributed by atoms with van der Waals surface area (Å²) in [7, 11) is 0. The molecule has 0 amide bonds. The van der Waals surface area contributed by atoms with Gasteiger partial charge >= 0.3 is 0 Å². The fraction of sp³-hybridized carbons (Fsp3) is 0.368. The van der Waals surface area contributed by atoms with Crippen molar-refractivity contribution in [2.45, 2.75) is 39.7 Å². The average Bonchev–Trinajstić information content (AvgIpc) is 2.49. The Labute approximate surface area is 127 Å². The van der Waals surface area contributed by atoms with Crippen molar-refractivity contribution in [3.63, 3.8) is 0 Å². The highest BCUT2D eigenvalue weighted by atomic mass is 19.1. The molecule has 112 valence electrons. The van der Waals surface area contributed by atoms with Gasteiger partial charge in [0.15, 0.2) is 0 Å². The normalized spacial score (nSPS) is 12.4. The molecule has 2 heteroatoms. The highest BCUT2D eigenvalue weighted by Gasteiger charge is 2.06. The van der Waals surface area contributed by atoms with Gasteiger partial charge in [0.05, 0.1) is 0 Å². The first-order valence-corrected chi connectivity index (χ1v) is 7.59. The third-order valence-electron chi connectivity index (χ3n) is 3.95. The van der Waals surface area contributed by atoms with Gasteiger partial charge in [-0.1, -0.05) is 49.4 Å². The zero-order valence-corrected chi connectivity index (χ0v) is 13.1. The molecular formula is C19H24FN. The van der Waals surface area contributed by atoms with Gasteiger partial charge in [-0.15, -0.1) is 0 Å². The fourth-order valence-corrected chi connectivity index (χ4v) is 2.64. The Bertz CT molecular complexity index is 554. The van der Waals surface area contributed by atoms with Crippen LogP contribution in [0.1, 0.15) is 41.5 Å². The molecule has 0 spiro atoms. The third-order valence-corrected chi connectivity index (χ3v) is 3.95. The molecular weight excluding hydrogens is 261 g/mol. The molecule has 2 aromatic rings. The van der Waals surface area contributed by atoms with Crippen LogP contribution in [0.25, 0.3) is 0 Å². The van der Waals surface area contributed by atoms with Crippen LogP contribution in [-0.2, 0) is 6.54 Å².